The molecule has 1 aromatic carbocycles. The Bertz CT molecular complexity index is 471. The summed E-state index contributed by atoms with van der Waals surface area (Å²) in [7, 11) is 0. The maximum atomic E-state index is 3.69. The Labute approximate surface area is 136 Å². The molecule has 1 aromatic rings. The minimum Gasteiger partial charge on any atom is -0.310 e. The first-order valence-corrected chi connectivity index (χ1v) is 9.37. The first kappa shape index (κ1) is 16.1. The second kappa shape index (κ2) is 6.74. The van der Waals surface area contributed by atoms with E-state index in [-0.39, 0.29) is 0 Å². The maximum absolute atomic E-state index is 3.69. The van der Waals surface area contributed by atoms with E-state index in [0.717, 1.165) is 11.8 Å². The molecule has 1 saturated heterocycles. The topological polar surface area (TPSA) is 12.0 Å². The van der Waals surface area contributed by atoms with Crippen LogP contribution in [0.4, 0.5) is 0 Å². The molecule has 1 heterocycles. The van der Waals surface area contributed by atoms with Gasteiger partial charge in [0, 0.05) is 6.04 Å². The van der Waals surface area contributed by atoms with Crippen molar-refractivity contribution in [3.8, 4) is 0 Å². The fraction of sp³-hybridized carbons (Fsp3) is 0.714. The second-order valence-electron chi connectivity index (χ2n) is 8.59. The van der Waals surface area contributed by atoms with Gasteiger partial charge in [0.25, 0.3) is 0 Å². The molecule has 22 heavy (non-hydrogen) atoms. The third-order valence-corrected chi connectivity index (χ3v) is 6.05. The molecule has 0 amide bonds. The average molecular weight is 300 g/mol. The van der Waals surface area contributed by atoms with Gasteiger partial charge in [-0.1, -0.05) is 51.5 Å². The lowest BCUT2D eigenvalue weighted by atomic mass is 9.68. The number of hydrogen-bond acceptors (Lipinski definition) is 1. The van der Waals surface area contributed by atoms with Gasteiger partial charge in [0.05, 0.1) is 0 Å². The summed E-state index contributed by atoms with van der Waals surface area (Å²) in [4.78, 5) is 0. The highest BCUT2D eigenvalue weighted by atomic mass is 14.9. The van der Waals surface area contributed by atoms with Gasteiger partial charge in [-0.2, -0.15) is 0 Å². The van der Waals surface area contributed by atoms with E-state index in [2.05, 4.69) is 50.4 Å². The lowest BCUT2D eigenvalue weighted by molar-refractivity contribution is 0.169. The summed E-state index contributed by atoms with van der Waals surface area (Å²) in [6, 6.07) is 10.1. The molecule has 122 valence electrons. The fourth-order valence-electron chi connectivity index (χ4n) is 4.46. The van der Waals surface area contributed by atoms with E-state index in [4.69, 9.17) is 0 Å². The van der Waals surface area contributed by atoms with E-state index in [1.807, 2.05) is 0 Å². The highest BCUT2D eigenvalue weighted by Crippen LogP contribution is 2.43. The van der Waals surface area contributed by atoms with Gasteiger partial charge in [-0.15, -0.1) is 0 Å². The van der Waals surface area contributed by atoms with Crippen molar-refractivity contribution in [2.45, 2.75) is 77.7 Å². The lowest BCUT2D eigenvalue weighted by Crippen LogP contribution is -2.27. The number of hydrogen-bond donors (Lipinski definition) is 1. The molecular formula is C21H33N. The normalized spacial score (nSPS) is 30.2. The zero-order valence-electron chi connectivity index (χ0n) is 14.7. The van der Waals surface area contributed by atoms with Crippen LogP contribution in [0.5, 0.6) is 0 Å². The monoisotopic (exact) mass is 299 g/mol. The summed E-state index contributed by atoms with van der Waals surface area (Å²) < 4.78 is 0. The predicted molar refractivity (Wildman–Crippen MR) is 95.2 cm³/mol. The predicted octanol–water partition coefficient (Wildman–Crippen LogP) is 5.82. The number of rotatable bonds is 2. The molecule has 1 aliphatic carbocycles. The molecular weight excluding hydrogens is 266 g/mol. The molecule has 1 saturated carbocycles. The van der Waals surface area contributed by atoms with Crippen LogP contribution in [0.3, 0.4) is 0 Å². The molecule has 1 aliphatic heterocycles. The molecule has 1 heteroatoms. The Kier molecular flexibility index (Phi) is 4.92. The van der Waals surface area contributed by atoms with Crippen LogP contribution in [-0.2, 0) is 0 Å². The molecule has 0 spiro atoms. The maximum Gasteiger partial charge on any atom is 0.0320 e. The van der Waals surface area contributed by atoms with Crippen LogP contribution in [-0.4, -0.2) is 6.54 Å². The Hall–Kier alpha value is -0.820. The summed E-state index contributed by atoms with van der Waals surface area (Å²) in [6.07, 6.45) is 9.58. The highest BCUT2D eigenvalue weighted by Gasteiger charge is 2.30. The van der Waals surface area contributed by atoms with Crippen LogP contribution in [0.2, 0.25) is 0 Å². The van der Waals surface area contributed by atoms with E-state index in [9.17, 15) is 0 Å². The summed E-state index contributed by atoms with van der Waals surface area (Å²) in [5.74, 6) is 1.70. The van der Waals surface area contributed by atoms with Gasteiger partial charge in [0.15, 0.2) is 0 Å². The largest absolute Gasteiger partial charge is 0.310 e. The van der Waals surface area contributed by atoms with Crippen LogP contribution in [0.15, 0.2) is 24.3 Å². The van der Waals surface area contributed by atoms with Crippen molar-refractivity contribution < 1.29 is 0 Å². The smallest absolute Gasteiger partial charge is 0.0320 e. The molecule has 1 unspecified atom stereocenters. The second-order valence-corrected chi connectivity index (χ2v) is 8.59. The molecule has 1 nitrogen and oxygen atoms in total. The van der Waals surface area contributed by atoms with Crippen molar-refractivity contribution in [2.24, 2.45) is 11.3 Å². The van der Waals surface area contributed by atoms with Crippen molar-refractivity contribution in [3.63, 3.8) is 0 Å². The Balaban J connectivity index is 1.66. The zero-order valence-corrected chi connectivity index (χ0v) is 14.7. The van der Waals surface area contributed by atoms with Crippen molar-refractivity contribution in [2.75, 3.05) is 6.54 Å². The van der Waals surface area contributed by atoms with Crippen LogP contribution in [0, 0.1) is 11.3 Å². The highest BCUT2D eigenvalue weighted by molar-refractivity contribution is 5.29. The van der Waals surface area contributed by atoms with E-state index in [1.54, 1.807) is 5.56 Å². The van der Waals surface area contributed by atoms with Crippen molar-refractivity contribution >= 4 is 0 Å². The molecule has 1 N–H and O–H groups in total. The van der Waals surface area contributed by atoms with Crippen molar-refractivity contribution in [1.82, 2.24) is 5.32 Å². The van der Waals surface area contributed by atoms with Crippen LogP contribution < -0.4 is 5.32 Å². The SMILES string of the molecule is CC(C)(C)C1CCC(c2cccc(C3CCCCN3)c2)CC1. The van der Waals surface area contributed by atoms with Gasteiger partial charge < -0.3 is 5.32 Å². The van der Waals surface area contributed by atoms with E-state index in [0.29, 0.717) is 11.5 Å². The first-order valence-electron chi connectivity index (χ1n) is 9.37. The molecule has 1 atom stereocenters. The van der Waals surface area contributed by atoms with E-state index in [1.165, 1.54) is 57.1 Å². The van der Waals surface area contributed by atoms with Crippen LogP contribution in [0.25, 0.3) is 0 Å². The summed E-state index contributed by atoms with van der Waals surface area (Å²) in [6.45, 7) is 8.42. The van der Waals surface area contributed by atoms with Crippen molar-refractivity contribution in [1.29, 1.82) is 0 Å². The standard InChI is InChI=1S/C21H33N/c1-21(2,3)19-12-10-16(11-13-19)17-7-6-8-18(15-17)20-9-4-5-14-22-20/h6-8,15-16,19-20,22H,4-5,9-14H2,1-3H3. The first-order chi connectivity index (χ1) is 10.5. The fourth-order valence-corrected chi connectivity index (χ4v) is 4.46. The third-order valence-electron chi connectivity index (χ3n) is 6.05. The minimum atomic E-state index is 0.485. The van der Waals surface area contributed by atoms with E-state index < -0.39 is 0 Å². The molecule has 0 aromatic heterocycles. The van der Waals surface area contributed by atoms with Gasteiger partial charge in [0.1, 0.15) is 0 Å². The Morgan fingerprint density at radius 3 is 2.27 bits per heavy atom. The van der Waals surface area contributed by atoms with Gasteiger partial charge in [-0.05, 0) is 73.4 Å². The Morgan fingerprint density at radius 1 is 0.909 bits per heavy atom. The van der Waals surface area contributed by atoms with E-state index >= 15 is 0 Å². The third kappa shape index (κ3) is 3.74. The van der Waals surface area contributed by atoms with Crippen molar-refractivity contribution in [3.05, 3.63) is 35.4 Å². The molecule has 3 rings (SSSR count). The Morgan fingerprint density at radius 2 is 1.64 bits per heavy atom. The lowest BCUT2D eigenvalue weighted by Gasteiger charge is -2.37. The molecule has 2 fully saturated rings. The summed E-state index contributed by atoms with van der Waals surface area (Å²) in [5.41, 5.74) is 3.60. The van der Waals surface area contributed by atoms with Gasteiger partial charge in [-0.3, -0.25) is 0 Å². The van der Waals surface area contributed by atoms with Gasteiger partial charge >= 0.3 is 0 Å². The number of benzene rings is 1. The minimum absolute atomic E-state index is 0.485. The zero-order chi connectivity index (χ0) is 15.6. The molecule has 0 bridgehead atoms. The summed E-state index contributed by atoms with van der Waals surface area (Å²) in [5, 5.41) is 3.69. The molecule has 0 radical (unpaired) electrons. The number of nitrogens with one attached hydrogen (secondary N) is 1. The average Bonchev–Trinajstić information content (AvgIpc) is 2.55. The van der Waals surface area contributed by atoms with Gasteiger partial charge in [0.2, 0.25) is 0 Å². The number of piperidine rings is 1. The van der Waals surface area contributed by atoms with Crippen LogP contribution >= 0.6 is 0 Å². The van der Waals surface area contributed by atoms with Gasteiger partial charge in [-0.25, -0.2) is 0 Å². The quantitative estimate of drug-likeness (QED) is 0.725. The summed E-state index contributed by atoms with van der Waals surface area (Å²) >= 11 is 0. The molecule has 2 aliphatic rings. The van der Waals surface area contributed by atoms with Crippen LogP contribution in [0.1, 0.15) is 88.8 Å².